The van der Waals surface area contributed by atoms with E-state index in [1.165, 1.54) is 0 Å². The fourth-order valence-electron chi connectivity index (χ4n) is 1.92. The van der Waals surface area contributed by atoms with Crippen molar-refractivity contribution in [2.24, 2.45) is 0 Å². The number of aryl methyl sites for hydroxylation is 2. The number of hydrogen-bond donors (Lipinski definition) is 1. The quantitative estimate of drug-likeness (QED) is 0.814. The number of aromatic amines is 1. The summed E-state index contributed by atoms with van der Waals surface area (Å²) in [5.41, 5.74) is 0.347. The van der Waals surface area contributed by atoms with Gasteiger partial charge in [-0.2, -0.15) is 13.2 Å². The van der Waals surface area contributed by atoms with Gasteiger partial charge < -0.3 is 4.98 Å². The predicted molar refractivity (Wildman–Crippen MR) is 73.9 cm³/mol. The van der Waals surface area contributed by atoms with Crippen molar-refractivity contribution in [1.29, 1.82) is 0 Å². The topological polar surface area (TPSA) is 28.7 Å². The summed E-state index contributed by atoms with van der Waals surface area (Å²) in [6.07, 6.45) is 2.81. The molecule has 0 bridgehead atoms. The van der Waals surface area contributed by atoms with E-state index in [0.29, 0.717) is 0 Å². The molecule has 0 fully saturated rings. The SMILES string of the molecule is Cl.FC(F)(F)c1ccc(CCCCc2ncc[nH]2)cc1. The van der Waals surface area contributed by atoms with Crippen LogP contribution in [0, 0.1) is 0 Å². The number of alkyl halides is 3. The van der Waals surface area contributed by atoms with E-state index in [0.717, 1.165) is 49.2 Å². The van der Waals surface area contributed by atoms with Crippen LogP contribution in [0.15, 0.2) is 36.7 Å². The zero-order valence-electron chi connectivity index (χ0n) is 10.8. The Labute approximate surface area is 121 Å². The molecule has 0 radical (unpaired) electrons. The first-order valence-electron chi connectivity index (χ1n) is 6.20. The number of aromatic nitrogens is 2. The van der Waals surface area contributed by atoms with Crippen molar-refractivity contribution >= 4 is 12.4 Å². The highest BCUT2D eigenvalue weighted by molar-refractivity contribution is 5.85. The lowest BCUT2D eigenvalue weighted by Gasteiger charge is -2.07. The molecular weight excluding hydrogens is 289 g/mol. The third-order valence-electron chi connectivity index (χ3n) is 2.97. The monoisotopic (exact) mass is 304 g/mol. The molecule has 0 atom stereocenters. The van der Waals surface area contributed by atoms with Gasteiger partial charge in [0, 0.05) is 18.8 Å². The van der Waals surface area contributed by atoms with E-state index < -0.39 is 11.7 Å². The normalized spacial score (nSPS) is 11.2. The summed E-state index contributed by atoms with van der Waals surface area (Å²) in [5.74, 6) is 0.951. The van der Waals surface area contributed by atoms with Crippen LogP contribution in [0.5, 0.6) is 0 Å². The largest absolute Gasteiger partial charge is 0.416 e. The molecule has 6 heteroatoms. The summed E-state index contributed by atoms with van der Waals surface area (Å²) in [6, 6.07) is 5.38. The van der Waals surface area contributed by atoms with Crippen molar-refractivity contribution in [2.45, 2.75) is 31.9 Å². The summed E-state index contributed by atoms with van der Waals surface area (Å²) in [5, 5.41) is 0. The average molecular weight is 305 g/mol. The minimum atomic E-state index is -4.25. The zero-order chi connectivity index (χ0) is 13.7. The first kappa shape index (κ1) is 16.6. The van der Waals surface area contributed by atoms with Crippen molar-refractivity contribution < 1.29 is 13.2 Å². The van der Waals surface area contributed by atoms with Crippen LogP contribution in [-0.4, -0.2) is 9.97 Å². The second-order valence-electron chi connectivity index (χ2n) is 4.44. The molecule has 0 aliphatic heterocycles. The number of nitrogens with one attached hydrogen (secondary N) is 1. The zero-order valence-corrected chi connectivity index (χ0v) is 11.6. The molecule has 0 saturated heterocycles. The Kier molecular flexibility index (Phi) is 6.07. The number of halogens is 4. The van der Waals surface area contributed by atoms with Gasteiger partial charge in [-0.25, -0.2) is 4.98 Å². The van der Waals surface area contributed by atoms with Crippen molar-refractivity contribution in [3.8, 4) is 0 Å². The highest BCUT2D eigenvalue weighted by Gasteiger charge is 2.29. The molecule has 1 N–H and O–H groups in total. The Morgan fingerprint density at radius 1 is 1.00 bits per heavy atom. The summed E-state index contributed by atoms with van der Waals surface area (Å²) in [7, 11) is 0. The minimum Gasteiger partial charge on any atom is -0.349 e. The van der Waals surface area contributed by atoms with Gasteiger partial charge in [0.2, 0.25) is 0 Å². The highest BCUT2D eigenvalue weighted by atomic mass is 35.5. The maximum atomic E-state index is 12.4. The number of rotatable bonds is 5. The highest BCUT2D eigenvalue weighted by Crippen LogP contribution is 2.29. The molecule has 1 aromatic carbocycles. The van der Waals surface area contributed by atoms with E-state index in [-0.39, 0.29) is 12.4 Å². The number of benzene rings is 1. The van der Waals surface area contributed by atoms with Gasteiger partial charge in [-0.05, 0) is 37.0 Å². The molecule has 0 amide bonds. The lowest BCUT2D eigenvalue weighted by atomic mass is 10.0. The first-order chi connectivity index (χ1) is 9.05. The molecule has 0 aliphatic rings. The summed E-state index contributed by atoms with van der Waals surface area (Å²) in [6.45, 7) is 0. The number of hydrogen-bond acceptors (Lipinski definition) is 1. The fraction of sp³-hybridized carbons (Fsp3) is 0.357. The Balaban J connectivity index is 0.00000200. The van der Waals surface area contributed by atoms with Crippen LogP contribution < -0.4 is 0 Å². The van der Waals surface area contributed by atoms with Gasteiger partial charge in [-0.3, -0.25) is 0 Å². The molecule has 110 valence electrons. The van der Waals surface area contributed by atoms with E-state index in [1.807, 2.05) is 0 Å². The van der Waals surface area contributed by atoms with E-state index in [2.05, 4.69) is 9.97 Å². The maximum absolute atomic E-state index is 12.4. The fourth-order valence-corrected chi connectivity index (χ4v) is 1.92. The van der Waals surface area contributed by atoms with Gasteiger partial charge >= 0.3 is 6.18 Å². The third-order valence-corrected chi connectivity index (χ3v) is 2.97. The van der Waals surface area contributed by atoms with Crippen LogP contribution in [0.1, 0.15) is 29.8 Å². The van der Waals surface area contributed by atoms with E-state index in [1.54, 1.807) is 24.5 Å². The van der Waals surface area contributed by atoms with E-state index in [4.69, 9.17) is 0 Å². The number of nitrogens with zero attached hydrogens (tertiary/aromatic N) is 1. The predicted octanol–water partition coefficient (Wildman–Crippen LogP) is 4.42. The minimum absolute atomic E-state index is 0. The van der Waals surface area contributed by atoms with Gasteiger partial charge in [0.25, 0.3) is 0 Å². The number of unbranched alkanes of at least 4 members (excludes halogenated alkanes) is 1. The van der Waals surface area contributed by atoms with Crippen LogP contribution in [0.25, 0.3) is 0 Å². The standard InChI is InChI=1S/C14H15F3N2.ClH/c15-14(16,17)12-7-5-11(6-8-12)3-1-2-4-13-18-9-10-19-13;/h5-10H,1-4H2,(H,18,19);1H. The van der Waals surface area contributed by atoms with Gasteiger partial charge in [0.1, 0.15) is 5.82 Å². The van der Waals surface area contributed by atoms with Crippen LogP contribution in [-0.2, 0) is 19.0 Å². The van der Waals surface area contributed by atoms with Crippen molar-refractivity contribution in [3.63, 3.8) is 0 Å². The molecule has 1 heterocycles. The molecule has 0 unspecified atom stereocenters. The molecule has 0 saturated carbocycles. The molecule has 2 nitrogen and oxygen atoms in total. The third kappa shape index (κ3) is 4.89. The van der Waals surface area contributed by atoms with Crippen LogP contribution in [0.4, 0.5) is 13.2 Å². The van der Waals surface area contributed by atoms with E-state index >= 15 is 0 Å². The van der Waals surface area contributed by atoms with Gasteiger partial charge in [0.05, 0.1) is 5.56 Å². The Hall–Kier alpha value is -1.49. The molecule has 2 rings (SSSR count). The second-order valence-corrected chi connectivity index (χ2v) is 4.44. The second kappa shape index (κ2) is 7.33. The van der Waals surface area contributed by atoms with Crippen molar-refractivity contribution in [2.75, 3.05) is 0 Å². The van der Waals surface area contributed by atoms with Crippen molar-refractivity contribution in [3.05, 3.63) is 53.6 Å². The van der Waals surface area contributed by atoms with Gasteiger partial charge in [-0.15, -0.1) is 12.4 Å². The summed E-state index contributed by atoms with van der Waals surface area (Å²) in [4.78, 5) is 7.14. The summed E-state index contributed by atoms with van der Waals surface area (Å²) < 4.78 is 37.1. The maximum Gasteiger partial charge on any atom is 0.416 e. The van der Waals surface area contributed by atoms with Crippen molar-refractivity contribution in [1.82, 2.24) is 9.97 Å². The van der Waals surface area contributed by atoms with Gasteiger partial charge in [-0.1, -0.05) is 12.1 Å². The first-order valence-corrected chi connectivity index (χ1v) is 6.20. The molecule has 20 heavy (non-hydrogen) atoms. The molecule has 1 aromatic heterocycles. The molecule has 0 spiro atoms. The lowest BCUT2D eigenvalue weighted by molar-refractivity contribution is -0.137. The van der Waals surface area contributed by atoms with Gasteiger partial charge in [0.15, 0.2) is 0 Å². The summed E-state index contributed by atoms with van der Waals surface area (Å²) >= 11 is 0. The lowest BCUT2D eigenvalue weighted by Crippen LogP contribution is -2.04. The smallest absolute Gasteiger partial charge is 0.349 e. The molecule has 2 aromatic rings. The van der Waals surface area contributed by atoms with Crippen LogP contribution in [0.2, 0.25) is 0 Å². The van der Waals surface area contributed by atoms with Crippen LogP contribution >= 0.6 is 12.4 Å². The average Bonchev–Trinajstić information content (AvgIpc) is 2.87. The molecule has 0 aliphatic carbocycles. The molecular formula is C14H16ClF3N2. The number of imidazole rings is 1. The Morgan fingerprint density at radius 2 is 1.65 bits per heavy atom. The van der Waals surface area contributed by atoms with E-state index in [9.17, 15) is 13.2 Å². The Morgan fingerprint density at radius 3 is 2.20 bits per heavy atom. The Bertz CT molecular complexity index is 492. The van der Waals surface area contributed by atoms with Crippen LogP contribution in [0.3, 0.4) is 0 Å². The number of H-pyrrole nitrogens is 1.